The van der Waals surface area contributed by atoms with Gasteiger partial charge in [0.15, 0.2) is 0 Å². The second-order valence-corrected chi connectivity index (χ2v) is 8.67. The highest BCUT2D eigenvalue weighted by Gasteiger charge is 2.38. The van der Waals surface area contributed by atoms with Crippen LogP contribution in [0.2, 0.25) is 0 Å². The molecule has 0 radical (unpaired) electrons. The van der Waals surface area contributed by atoms with Crippen LogP contribution >= 0.6 is 0 Å². The molecule has 5 rings (SSSR count). The van der Waals surface area contributed by atoms with E-state index in [1.165, 1.54) is 30.3 Å². The third kappa shape index (κ3) is 4.50. The maximum absolute atomic E-state index is 13.2. The fraction of sp³-hybridized carbons (Fsp3) is 0.240. The highest BCUT2D eigenvalue weighted by Crippen LogP contribution is 2.38. The number of nitrogens with zero attached hydrogens (tertiary/aromatic N) is 2. The van der Waals surface area contributed by atoms with Crippen molar-refractivity contribution in [3.63, 3.8) is 0 Å². The number of nitrogens with one attached hydrogen (secondary N) is 3. The molecule has 2 aromatic carbocycles. The topological polar surface area (TPSA) is 95.5 Å². The highest BCUT2D eigenvalue weighted by molar-refractivity contribution is 6.00. The molecule has 0 saturated carbocycles. The molecular weight excluding hydrogens is 437 g/mol. The second-order valence-electron chi connectivity index (χ2n) is 8.67. The van der Waals surface area contributed by atoms with E-state index in [0.717, 1.165) is 12.1 Å². The van der Waals surface area contributed by atoms with Crippen LogP contribution in [-0.2, 0) is 6.54 Å². The number of carbonyl (C=O) groups excluding carboxylic acids is 2. The lowest BCUT2D eigenvalue weighted by Gasteiger charge is -2.43. The number of para-hydroxylation sites is 1. The van der Waals surface area contributed by atoms with E-state index in [2.05, 4.69) is 16.0 Å². The summed E-state index contributed by atoms with van der Waals surface area (Å²) in [6.45, 7) is 1.39. The number of urea groups is 2. The van der Waals surface area contributed by atoms with Gasteiger partial charge < -0.3 is 25.4 Å². The molecule has 3 heterocycles. The van der Waals surface area contributed by atoms with E-state index >= 15 is 0 Å². The first-order valence-corrected chi connectivity index (χ1v) is 11.1. The number of aromatic nitrogens is 1. The number of hydrogen-bond acceptors (Lipinski definition) is 3. The van der Waals surface area contributed by atoms with E-state index in [1.807, 2.05) is 18.2 Å². The number of rotatable bonds is 3. The van der Waals surface area contributed by atoms with Gasteiger partial charge in [0.2, 0.25) is 0 Å². The minimum atomic E-state index is -0.406. The first-order chi connectivity index (χ1) is 16.5. The molecule has 34 heavy (non-hydrogen) atoms. The van der Waals surface area contributed by atoms with E-state index in [0.29, 0.717) is 36.7 Å². The number of benzene rings is 2. The van der Waals surface area contributed by atoms with Gasteiger partial charge in [0.05, 0.1) is 5.69 Å². The minimum absolute atomic E-state index is 0.104. The fourth-order valence-electron chi connectivity index (χ4n) is 4.83. The van der Waals surface area contributed by atoms with Crippen LogP contribution in [0.15, 0.2) is 71.5 Å². The van der Waals surface area contributed by atoms with Crippen molar-refractivity contribution in [2.24, 2.45) is 5.92 Å². The van der Waals surface area contributed by atoms with Gasteiger partial charge in [-0.15, -0.1) is 0 Å². The summed E-state index contributed by atoms with van der Waals surface area (Å²) in [5, 5.41) is 8.47. The number of fused-ring (bicyclic) bond motifs is 4. The van der Waals surface area contributed by atoms with E-state index < -0.39 is 6.03 Å². The molecule has 0 spiro atoms. The Morgan fingerprint density at radius 1 is 0.824 bits per heavy atom. The Kier molecular flexibility index (Phi) is 5.75. The van der Waals surface area contributed by atoms with Gasteiger partial charge in [0, 0.05) is 48.7 Å². The highest BCUT2D eigenvalue weighted by atomic mass is 19.1. The van der Waals surface area contributed by atoms with Crippen molar-refractivity contribution >= 4 is 29.1 Å². The third-order valence-electron chi connectivity index (χ3n) is 6.25. The van der Waals surface area contributed by atoms with Crippen LogP contribution in [0.3, 0.4) is 0 Å². The summed E-state index contributed by atoms with van der Waals surface area (Å²) < 4.78 is 14.9. The second kappa shape index (κ2) is 9.01. The molecule has 2 aliphatic heterocycles. The molecule has 9 heteroatoms. The number of likely N-dealkylation sites (tertiary alicyclic amines) is 1. The van der Waals surface area contributed by atoms with Crippen LogP contribution in [-0.4, -0.2) is 34.6 Å². The maximum atomic E-state index is 13.2. The summed E-state index contributed by atoms with van der Waals surface area (Å²) >= 11 is 0. The van der Waals surface area contributed by atoms with Crippen molar-refractivity contribution in [2.45, 2.75) is 18.9 Å². The summed E-state index contributed by atoms with van der Waals surface area (Å²) in [5.74, 6) is -0.354. The van der Waals surface area contributed by atoms with Crippen LogP contribution < -0.4 is 21.5 Å². The van der Waals surface area contributed by atoms with E-state index in [-0.39, 0.29) is 29.2 Å². The molecule has 1 fully saturated rings. The summed E-state index contributed by atoms with van der Waals surface area (Å²) in [7, 11) is 0. The zero-order valence-electron chi connectivity index (χ0n) is 18.3. The van der Waals surface area contributed by atoms with Gasteiger partial charge in [-0.2, -0.15) is 0 Å². The molecule has 3 aromatic rings. The van der Waals surface area contributed by atoms with E-state index in [1.54, 1.807) is 27.7 Å². The van der Waals surface area contributed by atoms with Crippen molar-refractivity contribution in [3.8, 4) is 0 Å². The van der Waals surface area contributed by atoms with Crippen LogP contribution in [0.25, 0.3) is 0 Å². The molecule has 1 saturated heterocycles. The molecule has 1 aromatic heterocycles. The standard InChI is InChI=1S/C25H24FN5O3/c26-18-6-8-20(9-7-18)28-25(34)30-13-16-12-17(15-30)23-21(10-11-22(32)31(23)14-16)29-24(33)27-19-4-2-1-3-5-19/h1-11,16-17H,12-15H2,(H,28,34)(H2,27,29,33)/t16-,17-/m0/s1. The Hall–Kier alpha value is -4.14. The Morgan fingerprint density at radius 3 is 2.32 bits per heavy atom. The smallest absolute Gasteiger partial charge is 0.323 e. The Balaban J connectivity index is 1.35. The SMILES string of the molecule is O=C(Nc1ccccc1)Nc1ccc(=O)n2c1[C@H]1C[C@@H](CN(C(=O)Nc3ccc(F)cc3)C1)C2. The van der Waals surface area contributed by atoms with Gasteiger partial charge in [0.25, 0.3) is 5.56 Å². The third-order valence-corrected chi connectivity index (χ3v) is 6.25. The number of anilines is 3. The predicted octanol–water partition coefficient (Wildman–Crippen LogP) is 4.28. The van der Waals surface area contributed by atoms with Crippen molar-refractivity contribution in [1.82, 2.24) is 9.47 Å². The molecule has 8 nitrogen and oxygen atoms in total. The van der Waals surface area contributed by atoms with Crippen LogP contribution in [0.4, 0.5) is 31.0 Å². The van der Waals surface area contributed by atoms with Gasteiger partial charge in [-0.25, -0.2) is 14.0 Å². The summed E-state index contributed by atoms with van der Waals surface area (Å²) in [6.07, 6.45) is 0.818. The average Bonchev–Trinajstić information content (AvgIpc) is 2.83. The number of carbonyl (C=O) groups is 2. The number of amides is 4. The van der Waals surface area contributed by atoms with Crippen LogP contribution in [0.1, 0.15) is 18.0 Å². The van der Waals surface area contributed by atoms with Crippen molar-refractivity contribution in [3.05, 3.63) is 88.6 Å². The molecule has 2 atom stereocenters. The molecule has 0 unspecified atom stereocenters. The van der Waals surface area contributed by atoms with E-state index in [4.69, 9.17) is 0 Å². The largest absolute Gasteiger partial charge is 0.324 e. The molecule has 174 valence electrons. The Morgan fingerprint density at radius 2 is 1.56 bits per heavy atom. The number of halogens is 1. The normalized spacial score (nSPS) is 18.6. The number of piperidine rings is 1. The summed E-state index contributed by atoms with van der Waals surface area (Å²) in [6, 6.07) is 17.1. The van der Waals surface area contributed by atoms with Crippen molar-refractivity contribution in [2.75, 3.05) is 29.0 Å². The van der Waals surface area contributed by atoms with E-state index in [9.17, 15) is 18.8 Å². The molecular formula is C25H24FN5O3. The molecule has 2 bridgehead atoms. The first kappa shape index (κ1) is 21.7. The maximum Gasteiger partial charge on any atom is 0.323 e. The van der Waals surface area contributed by atoms with Gasteiger partial charge in [-0.1, -0.05) is 18.2 Å². The number of pyridine rings is 1. The quantitative estimate of drug-likeness (QED) is 0.543. The average molecular weight is 461 g/mol. The minimum Gasteiger partial charge on any atom is -0.324 e. The van der Waals surface area contributed by atoms with Crippen LogP contribution in [0, 0.1) is 11.7 Å². The van der Waals surface area contributed by atoms with Gasteiger partial charge in [0.1, 0.15) is 5.82 Å². The first-order valence-electron chi connectivity index (χ1n) is 11.1. The van der Waals surface area contributed by atoms with Gasteiger partial charge in [-0.3, -0.25) is 4.79 Å². The lowest BCUT2D eigenvalue weighted by Crippen LogP contribution is -2.50. The molecule has 4 amide bonds. The summed E-state index contributed by atoms with van der Waals surface area (Å²) in [5.41, 5.74) is 2.33. The fourth-order valence-corrected chi connectivity index (χ4v) is 4.83. The van der Waals surface area contributed by atoms with Crippen molar-refractivity contribution < 1.29 is 14.0 Å². The lowest BCUT2D eigenvalue weighted by molar-refractivity contribution is 0.140. The molecule has 3 N–H and O–H groups in total. The molecule has 0 aliphatic carbocycles. The molecule has 2 aliphatic rings. The van der Waals surface area contributed by atoms with Crippen molar-refractivity contribution in [1.29, 1.82) is 0 Å². The predicted molar refractivity (Wildman–Crippen MR) is 128 cm³/mol. The summed E-state index contributed by atoms with van der Waals surface area (Å²) in [4.78, 5) is 39.9. The zero-order valence-corrected chi connectivity index (χ0v) is 18.3. The zero-order chi connectivity index (χ0) is 23.7. The monoisotopic (exact) mass is 461 g/mol. The van der Waals surface area contributed by atoms with Gasteiger partial charge >= 0.3 is 12.1 Å². The van der Waals surface area contributed by atoms with Gasteiger partial charge in [-0.05, 0) is 54.8 Å². The number of hydrogen-bond donors (Lipinski definition) is 3. The Bertz CT molecular complexity index is 1280. The Labute approximate surface area is 195 Å². The lowest BCUT2D eigenvalue weighted by atomic mass is 9.82. The van der Waals surface area contributed by atoms with Crippen LogP contribution in [0.5, 0.6) is 0 Å².